The van der Waals surface area contributed by atoms with Gasteiger partial charge in [0.05, 0.1) is 5.54 Å². The van der Waals surface area contributed by atoms with Crippen molar-refractivity contribution in [1.29, 1.82) is 0 Å². The number of nitrogens with one attached hydrogen (secondary N) is 1. The van der Waals surface area contributed by atoms with E-state index in [1.54, 1.807) is 45.0 Å². The number of hydrogen-bond donors (Lipinski definition) is 1. The number of carbonyl (C=O) groups is 2. The van der Waals surface area contributed by atoms with Crippen LogP contribution in [0.4, 0.5) is 4.79 Å². The van der Waals surface area contributed by atoms with Crippen molar-refractivity contribution in [3.8, 4) is 0 Å². The van der Waals surface area contributed by atoms with Crippen LogP contribution in [0.1, 0.15) is 51.9 Å². The van der Waals surface area contributed by atoms with Gasteiger partial charge in [0.25, 0.3) is 5.91 Å². The van der Waals surface area contributed by atoms with Crippen molar-refractivity contribution in [2.75, 3.05) is 0 Å². The predicted molar refractivity (Wildman–Crippen MR) is 86.7 cm³/mol. The maximum Gasteiger partial charge on any atom is 0.426 e. The third kappa shape index (κ3) is 5.56. The Kier molecular flexibility index (Phi) is 5.46. The van der Waals surface area contributed by atoms with E-state index in [0.29, 0.717) is 10.6 Å². The summed E-state index contributed by atoms with van der Waals surface area (Å²) in [6, 6.07) is 6.56. The van der Waals surface area contributed by atoms with Crippen LogP contribution >= 0.6 is 11.6 Å². The molecule has 0 aliphatic carbocycles. The van der Waals surface area contributed by atoms with E-state index in [1.807, 2.05) is 20.8 Å². The van der Waals surface area contributed by atoms with Crippen molar-refractivity contribution in [3.05, 3.63) is 34.9 Å². The number of carbonyl (C=O) groups excluding carboxylic acids is 2. The Morgan fingerprint density at radius 3 is 2.18 bits per heavy atom. The third-order valence-electron chi connectivity index (χ3n) is 2.55. The van der Waals surface area contributed by atoms with Crippen LogP contribution in [-0.4, -0.2) is 28.1 Å². The van der Waals surface area contributed by atoms with Gasteiger partial charge >= 0.3 is 6.09 Å². The highest BCUT2D eigenvalue weighted by atomic mass is 35.5. The van der Waals surface area contributed by atoms with E-state index >= 15 is 0 Å². The van der Waals surface area contributed by atoms with Crippen LogP contribution in [0.2, 0.25) is 5.02 Å². The molecule has 0 saturated carbocycles. The molecule has 122 valence electrons. The van der Waals surface area contributed by atoms with Crippen LogP contribution in [-0.2, 0) is 4.74 Å². The predicted octanol–water partition coefficient (Wildman–Crippen LogP) is 4.02. The molecule has 2 amide bonds. The molecule has 0 unspecified atom stereocenters. The molecule has 22 heavy (non-hydrogen) atoms. The van der Waals surface area contributed by atoms with Crippen molar-refractivity contribution in [3.63, 3.8) is 0 Å². The lowest BCUT2D eigenvalue weighted by atomic mass is 10.1. The molecule has 0 aliphatic heterocycles. The maximum atomic E-state index is 12.6. The summed E-state index contributed by atoms with van der Waals surface area (Å²) in [7, 11) is 0. The van der Waals surface area contributed by atoms with Gasteiger partial charge in [-0.2, -0.15) is 0 Å². The second-order valence-electron chi connectivity index (χ2n) is 6.94. The van der Waals surface area contributed by atoms with Crippen molar-refractivity contribution in [2.45, 2.75) is 52.7 Å². The summed E-state index contributed by atoms with van der Waals surface area (Å²) in [5.74, 6) is -0.360. The molecule has 5 nitrogen and oxygen atoms in total. The lowest BCUT2D eigenvalue weighted by Gasteiger charge is -2.36. The minimum absolute atomic E-state index is 0.360. The van der Waals surface area contributed by atoms with E-state index in [9.17, 15) is 9.59 Å². The van der Waals surface area contributed by atoms with E-state index in [1.165, 1.54) is 5.01 Å². The molecular formula is C16H23ClN2O3. The molecular weight excluding hydrogens is 304 g/mol. The van der Waals surface area contributed by atoms with Gasteiger partial charge in [-0.15, -0.1) is 0 Å². The smallest absolute Gasteiger partial charge is 0.426 e. The van der Waals surface area contributed by atoms with E-state index in [0.717, 1.165) is 0 Å². The van der Waals surface area contributed by atoms with Crippen molar-refractivity contribution in [2.24, 2.45) is 0 Å². The fraction of sp³-hybridized carbons (Fsp3) is 0.500. The Bertz CT molecular complexity index is 559. The summed E-state index contributed by atoms with van der Waals surface area (Å²) >= 11 is 5.92. The van der Waals surface area contributed by atoms with Gasteiger partial charge in [0.15, 0.2) is 0 Å². The third-order valence-corrected chi connectivity index (χ3v) is 2.78. The Morgan fingerprint density at radius 1 is 1.14 bits per heavy atom. The highest BCUT2D eigenvalue weighted by Gasteiger charge is 2.31. The van der Waals surface area contributed by atoms with Crippen LogP contribution in [0.5, 0.6) is 0 Å². The fourth-order valence-electron chi connectivity index (χ4n) is 1.67. The molecule has 1 aromatic carbocycles. The largest absolute Gasteiger partial charge is 0.443 e. The van der Waals surface area contributed by atoms with Gasteiger partial charge in [-0.05, 0) is 59.7 Å². The summed E-state index contributed by atoms with van der Waals surface area (Å²) < 4.78 is 5.20. The molecule has 6 heteroatoms. The molecule has 0 fully saturated rings. The second-order valence-corrected chi connectivity index (χ2v) is 7.37. The standard InChI is InChI=1S/C16H23ClN2O3/c1-15(2,3)19(18-14(21)22-16(4,5)6)13(20)11-8-7-9-12(17)10-11/h7-10H,1-6H3,(H,18,21). The van der Waals surface area contributed by atoms with Gasteiger partial charge in [0.1, 0.15) is 5.60 Å². The van der Waals surface area contributed by atoms with E-state index in [-0.39, 0.29) is 5.91 Å². The summed E-state index contributed by atoms with van der Waals surface area (Å²) in [4.78, 5) is 24.6. The van der Waals surface area contributed by atoms with E-state index in [4.69, 9.17) is 16.3 Å². The van der Waals surface area contributed by atoms with Gasteiger partial charge in [0.2, 0.25) is 0 Å². The minimum atomic E-state index is -0.683. The van der Waals surface area contributed by atoms with Gasteiger partial charge < -0.3 is 4.74 Å². The molecule has 0 aliphatic rings. The van der Waals surface area contributed by atoms with Gasteiger partial charge in [-0.1, -0.05) is 17.7 Å². The van der Waals surface area contributed by atoms with Gasteiger partial charge in [-0.25, -0.2) is 15.2 Å². The highest BCUT2D eigenvalue weighted by molar-refractivity contribution is 6.30. The van der Waals surface area contributed by atoms with Crippen LogP contribution in [0.25, 0.3) is 0 Å². The maximum absolute atomic E-state index is 12.6. The average molecular weight is 327 g/mol. The quantitative estimate of drug-likeness (QED) is 0.793. The lowest BCUT2D eigenvalue weighted by Crippen LogP contribution is -2.56. The first-order valence-corrected chi connectivity index (χ1v) is 7.38. The summed E-state index contributed by atoms with van der Waals surface area (Å²) in [5, 5.41) is 1.70. The number of amides is 2. The number of ether oxygens (including phenoxy) is 1. The molecule has 1 rings (SSSR count). The lowest BCUT2D eigenvalue weighted by molar-refractivity contribution is 0.0118. The highest BCUT2D eigenvalue weighted by Crippen LogP contribution is 2.18. The zero-order chi connectivity index (χ0) is 17.1. The van der Waals surface area contributed by atoms with Crippen molar-refractivity contribution >= 4 is 23.6 Å². The number of rotatable bonds is 1. The van der Waals surface area contributed by atoms with Crippen LogP contribution in [0.3, 0.4) is 0 Å². The number of halogens is 1. The van der Waals surface area contributed by atoms with Gasteiger partial charge in [0, 0.05) is 10.6 Å². The monoisotopic (exact) mass is 326 g/mol. The van der Waals surface area contributed by atoms with Gasteiger partial charge in [-0.3, -0.25) is 4.79 Å². The molecule has 1 aromatic rings. The first kappa shape index (κ1) is 18.3. The molecule has 0 heterocycles. The molecule has 0 atom stereocenters. The molecule has 0 bridgehead atoms. The zero-order valence-electron chi connectivity index (χ0n) is 13.9. The SMILES string of the molecule is CC(C)(C)OC(=O)NN(C(=O)c1cccc(Cl)c1)C(C)(C)C. The van der Waals surface area contributed by atoms with E-state index < -0.39 is 17.2 Å². The molecule has 0 aromatic heterocycles. The van der Waals surface area contributed by atoms with Crippen molar-refractivity contribution in [1.82, 2.24) is 10.4 Å². The topological polar surface area (TPSA) is 58.6 Å². The molecule has 0 saturated heterocycles. The summed E-state index contributed by atoms with van der Waals surface area (Å²) in [6.45, 7) is 10.7. The van der Waals surface area contributed by atoms with Crippen LogP contribution < -0.4 is 5.43 Å². The zero-order valence-corrected chi connectivity index (χ0v) is 14.6. The summed E-state index contributed by atoms with van der Waals surface area (Å²) in [6.07, 6.45) is -0.683. The second kappa shape index (κ2) is 6.57. The first-order valence-electron chi connectivity index (χ1n) is 7.00. The Balaban J connectivity index is 2.99. The molecule has 0 spiro atoms. The first-order chi connectivity index (χ1) is 9.90. The Hall–Kier alpha value is -1.75. The number of hydrogen-bond acceptors (Lipinski definition) is 3. The van der Waals surface area contributed by atoms with Crippen molar-refractivity contribution < 1.29 is 14.3 Å². The van der Waals surface area contributed by atoms with Crippen LogP contribution in [0.15, 0.2) is 24.3 Å². The molecule has 1 N–H and O–H groups in total. The number of nitrogens with zero attached hydrogens (tertiary/aromatic N) is 1. The minimum Gasteiger partial charge on any atom is -0.443 e. The summed E-state index contributed by atoms with van der Waals surface area (Å²) in [5.41, 5.74) is 1.62. The number of benzene rings is 1. The van der Waals surface area contributed by atoms with E-state index in [2.05, 4.69) is 5.43 Å². The Morgan fingerprint density at radius 2 is 1.73 bits per heavy atom. The average Bonchev–Trinajstić information content (AvgIpc) is 2.31. The normalized spacial score (nSPS) is 11.8. The van der Waals surface area contributed by atoms with Crippen LogP contribution in [0, 0.1) is 0 Å². The molecule has 0 radical (unpaired) electrons. The number of hydrazine groups is 1. The fourth-order valence-corrected chi connectivity index (χ4v) is 1.86. The Labute approximate surface area is 136 Å².